The predicted octanol–water partition coefficient (Wildman–Crippen LogP) is 2.82. The zero-order valence-electron chi connectivity index (χ0n) is 13.1. The van der Waals surface area contributed by atoms with Crippen LogP contribution in [0.15, 0.2) is 0 Å². The fraction of sp³-hybridized carbons (Fsp3) is 0.812. The summed E-state index contributed by atoms with van der Waals surface area (Å²) in [5, 5.41) is 25.2. The van der Waals surface area contributed by atoms with E-state index < -0.39 is 5.41 Å². The molecular weight excluding hydrogens is 288 g/mol. The molecule has 4 nitrogen and oxygen atoms in total. The van der Waals surface area contributed by atoms with Crippen LogP contribution in [0, 0.1) is 11.3 Å². The van der Waals surface area contributed by atoms with Gasteiger partial charge in [-0.05, 0) is 32.1 Å². The second kappa shape index (κ2) is 7.12. The van der Waals surface area contributed by atoms with Crippen LogP contribution in [0.3, 0.4) is 0 Å². The Labute approximate surface area is 132 Å². The zero-order valence-corrected chi connectivity index (χ0v) is 13.9. The van der Waals surface area contributed by atoms with Crippen molar-refractivity contribution < 1.29 is 10.2 Å². The van der Waals surface area contributed by atoms with Crippen molar-refractivity contribution in [3.63, 3.8) is 0 Å². The van der Waals surface area contributed by atoms with Crippen molar-refractivity contribution in [2.24, 2.45) is 11.3 Å². The molecular formula is C16H27ClN2O2. The van der Waals surface area contributed by atoms with Crippen LogP contribution in [0.2, 0.25) is 5.02 Å². The van der Waals surface area contributed by atoms with Gasteiger partial charge in [0.05, 0.1) is 29.6 Å². The smallest absolute Gasteiger partial charge is 0.0850 e. The first-order valence-corrected chi connectivity index (χ1v) is 8.45. The third-order valence-electron chi connectivity index (χ3n) is 5.06. The van der Waals surface area contributed by atoms with E-state index in [1.807, 2.05) is 18.5 Å². The molecule has 2 rings (SSSR count). The lowest BCUT2D eigenvalue weighted by molar-refractivity contribution is 0.00421. The maximum atomic E-state index is 9.98. The number of nitrogens with zero attached hydrogens (tertiary/aromatic N) is 2. The van der Waals surface area contributed by atoms with Crippen LogP contribution < -0.4 is 0 Å². The molecule has 1 heterocycles. The number of hydrogen-bond donors (Lipinski definition) is 2. The van der Waals surface area contributed by atoms with Crippen molar-refractivity contribution in [2.45, 2.75) is 58.9 Å². The first kappa shape index (κ1) is 16.8. The third kappa shape index (κ3) is 3.13. The summed E-state index contributed by atoms with van der Waals surface area (Å²) in [6.45, 7) is 4.84. The van der Waals surface area contributed by atoms with Gasteiger partial charge in [-0.3, -0.25) is 4.68 Å². The molecule has 0 aromatic carbocycles. The van der Waals surface area contributed by atoms with E-state index in [4.69, 9.17) is 11.6 Å². The molecule has 0 radical (unpaired) electrons. The Morgan fingerprint density at radius 3 is 2.33 bits per heavy atom. The highest BCUT2D eigenvalue weighted by Gasteiger charge is 2.41. The fourth-order valence-corrected chi connectivity index (χ4v) is 3.96. The van der Waals surface area contributed by atoms with Crippen molar-refractivity contribution in [3.05, 3.63) is 16.4 Å². The Morgan fingerprint density at radius 2 is 1.86 bits per heavy atom. The lowest BCUT2D eigenvalue weighted by atomic mass is 9.72. The number of halogens is 1. The second-order valence-corrected chi connectivity index (χ2v) is 6.59. The Bertz CT molecular complexity index is 463. The van der Waals surface area contributed by atoms with Gasteiger partial charge >= 0.3 is 0 Å². The van der Waals surface area contributed by atoms with Gasteiger partial charge < -0.3 is 10.2 Å². The Balaban J connectivity index is 2.34. The minimum atomic E-state index is -0.474. The molecule has 0 atom stereocenters. The van der Waals surface area contributed by atoms with E-state index in [9.17, 15) is 10.2 Å². The van der Waals surface area contributed by atoms with Crippen molar-refractivity contribution >= 4 is 11.6 Å². The molecule has 0 saturated heterocycles. The summed E-state index contributed by atoms with van der Waals surface area (Å²) in [5.41, 5.74) is 1.40. The van der Waals surface area contributed by atoms with Gasteiger partial charge in [0.15, 0.2) is 0 Å². The normalized spacial score (nSPS) is 16.8. The molecule has 0 spiro atoms. The van der Waals surface area contributed by atoms with Crippen molar-refractivity contribution in [1.29, 1.82) is 0 Å². The van der Waals surface area contributed by atoms with Gasteiger partial charge in [-0.15, -0.1) is 0 Å². The molecule has 1 fully saturated rings. The minimum absolute atomic E-state index is 0.000841. The highest BCUT2D eigenvalue weighted by Crippen LogP contribution is 2.43. The van der Waals surface area contributed by atoms with Gasteiger partial charge in [0.2, 0.25) is 0 Å². The average molecular weight is 315 g/mol. The molecule has 2 N–H and O–H groups in total. The van der Waals surface area contributed by atoms with Crippen molar-refractivity contribution in [2.75, 3.05) is 13.2 Å². The molecule has 0 amide bonds. The number of aryl methyl sites for hydroxylation is 2. The second-order valence-electron chi connectivity index (χ2n) is 6.21. The molecule has 0 aliphatic heterocycles. The van der Waals surface area contributed by atoms with Crippen LogP contribution in [0.5, 0.6) is 0 Å². The molecule has 0 bridgehead atoms. The average Bonchev–Trinajstić information content (AvgIpc) is 3.14. The number of aliphatic hydroxyl groups is 2. The van der Waals surface area contributed by atoms with E-state index in [1.165, 1.54) is 12.8 Å². The summed E-state index contributed by atoms with van der Waals surface area (Å²) >= 11 is 6.49. The van der Waals surface area contributed by atoms with Crippen LogP contribution >= 0.6 is 11.6 Å². The lowest BCUT2D eigenvalue weighted by Gasteiger charge is -2.36. The summed E-state index contributed by atoms with van der Waals surface area (Å²) in [6.07, 6.45) is 5.94. The van der Waals surface area contributed by atoms with Gasteiger partial charge in [0.1, 0.15) is 0 Å². The van der Waals surface area contributed by atoms with Gasteiger partial charge in [-0.25, -0.2) is 0 Å². The SMILES string of the molecule is CCc1nn(CC)c(CC(CO)(CO)C2CCCC2)c1Cl. The quantitative estimate of drug-likeness (QED) is 0.813. The summed E-state index contributed by atoms with van der Waals surface area (Å²) in [4.78, 5) is 0. The molecule has 1 aromatic rings. The van der Waals surface area contributed by atoms with E-state index in [0.29, 0.717) is 17.4 Å². The van der Waals surface area contributed by atoms with E-state index >= 15 is 0 Å². The summed E-state index contributed by atoms with van der Waals surface area (Å²) < 4.78 is 1.93. The van der Waals surface area contributed by atoms with Crippen LogP contribution in [0.4, 0.5) is 0 Å². The van der Waals surface area contributed by atoms with Crippen LogP contribution in [0.1, 0.15) is 50.9 Å². The van der Waals surface area contributed by atoms with Gasteiger partial charge in [-0.2, -0.15) is 5.10 Å². The largest absolute Gasteiger partial charge is 0.396 e. The number of hydrogen-bond acceptors (Lipinski definition) is 3. The highest BCUT2D eigenvalue weighted by atomic mass is 35.5. The summed E-state index contributed by atoms with van der Waals surface area (Å²) in [6, 6.07) is 0. The minimum Gasteiger partial charge on any atom is -0.396 e. The Hall–Kier alpha value is -0.580. The molecule has 21 heavy (non-hydrogen) atoms. The van der Waals surface area contributed by atoms with Crippen LogP contribution in [0.25, 0.3) is 0 Å². The van der Waals surface area contributed by atoms with Gasteiger partial charge in [0, 0.05) is 18.4 Å². The number of aliphatic hydroxyl groups excluding tert-OH is 2. The lowest BCUT2D eigenvalue weighted by Crippen LogP contribution is -2.39. The molecule has 1 aliphatic rings. The predicted molar refractivity (Wildman–Crippen MR) is 84.6 cm³/mol. The summed E-state index contributed by atoms with van der Waals surface area (Å²) in [7, 11) is 0. The number of aromatic nitrogens is 2. The standard InChI is InChI=1S/C16H27ClN2O2/c1-3-13-15(17)14(19(4-2)18-13)9-16(10-20,11-21)12-7-5-6-8-12/h12,20-21H,3-11H2,1-2H3. The molecule has 5 heteroatoms. The van der Waals surface area contributed by atoms with E-state index in [1.54, 1.807) is 0 Å². The van der Waals surface area contributed by atoms with Crippen molar-refractivity contribution in [3.8, 4) is 0 Å². The van der Waals surface area contributed by atoms with Crippen LogP contribution in [-0.4, -0.2) is 33.2 Å². The molecule has 0 unspecified atom stereocenters. The van der Waals surface area contributed by atoms with E-state index in [0.717, 1.165) is 37.2 Å². The number of rotatable bonds is 7. The maximum Gasteiger partial charge on any atom is 0.0850 e. The zero-order chi connectivity index (χ0) is 15.5. The topological polar surface area (TPSA) is 58.3 Å². The van der Waals surface area contributed by atoms with Gasteiger partial charge in [-0.1, -0.05) is 31.4 Å². The van der Waals surface area contributed by atoms with Crippen molar-refractivity contribution in [1.82, 2.24) is 9.78 Å². The molecule has 1 saturated carbocycles. The first-order valence-electron chi connectivity index (χ1n) is 8.07. The van der Waals surface area contributed by atoms with Gasteiger partial charge in [0.25, 0.3) is 0 Å². The maximum absolute atomic E-state index is 9.98. The van der Waals surface area contributed by atoms with E-state index in [2.05, 4.69) is 5.10 Å². The summed E-state index contributed by atoms with van der Waals surface area (Å²) in [5.74, 6) is 0.369. The first-order chi connectivity index (χ1) is 10.1. The molecule has 120 valence electrons. The van der Waals surface area contributed by atoms with E-state index in [-0.39, 0.29) is 13.2 Å². The highest BCUT2D eigenvalue weighted by molar-refractivity contribution is 6.31. The third-order valence-corrected chi connectivity index (χ3v) is 5.50. The monoisotopic (exact) mass is 314 g/mol. The Kier molecular flexibility index (Phi) is 5.69. The van der Waals surface area contributed by atoms with Crippen LogP contribution in [-0.2, 0) is 19.4 Å². The molecule has 1 aliphatic carbocycles. The fourth-order valence-electron chi connectivity index (χ4n) is 3.62. The molecule has 1 aromatic heterocycles. The Morgan fingerprint density at radius 1 is 1.24 bits per heavy atom.